The van der Waals surface area contributed by atoms with Crippen molar-refractivity contribution in [2.75, 3.05) is 0 Å². The lowest BCUT2D eigenvalue weighted by Gasteiger charge is -2.31. The van der Waals surface area contributed by atoms with Crippen LogP contribution in [0.5, 0.6) is 0 Å². The number of carbonyl (C=O) groups excluding carboxylic acids is 1. The molecule has 0 saturated heterocycles. The molecule has 0 aliphatic carbocycles. The van der Waals surface area contributed by atoms with Crippen molar-refractivity contribution >= 4 is 20.7 Å². The third-order valence-electron chi connectivity index (χ3n) is 3.08. The first kappa shape index (κ1) is 16.6. The molecule has 0 unspecified atom stereocenters. The Labute approximate surface area is 123 Å². The zero-order chi connectivity index (χ0) is 14.8. The van der Waals surface area contributed by atoms with Crippen LogP contribution in [0.3, 0.4) is 0 Å². The summed E-state index contributed by atoms with van der Waals surface area (Å²) in [6.07, 6.45) is 6.60. The second kappa shape index (κ2) is 8.69. The van der Waals surface area contributed by atoms with Gasteiger partial charge in [0.25, 0.3) is 0 Å². The number of unbranched alkanes of at least 4 members (excludes halogenated alkanes) is 3. The molecule has 4 heteroatoms. The molecular weight excluding hydrogens is 264 g/mol. The van der Waals surface area contributed by atoms with Crippen LogP contribution in [0, 0.1) is 0 Å². The SMILES string of the molecule is C[Si](C)(C)N(Cc1ccccc1)/N=C/CCCCC=O. The first-order valence-corrected chi connectivity index (χ1v) is 10.8. The lowest BCUT2D eigenvalue weighted by atomic mass is 10.2. The number of carbonyl (C=O) groups is 1. The summed E-state index contributed by atoms with van der Waals surface area (Å²) in [5.74, 6) is 0. The minimum atomic E-state index is -1.47. The molecule has 0 aliphatic rings. The van der Waals surface area contributed by atoms with Crippen molar-refractivity contribution in [3.8, 4) is 0 Å². The molecule has 0 saturated carbocycles. The van der Waals surface area contributed by atoms with E-state index < -0.39 is 8.24 Å². The highest BCUT2D eigenvalue weighted by Crippen LogP contribution is 2.14. The van der Waals surface area contributed by atoms with E-state index in [-0.39, 0.29) is 0 Å². The summed E-state index contributed by atoms with van der Waals surface area (Å²) >= 11 is 0. The van der Waals surface area contributed by atoms with Crippen LogP contribution in [0.15, 0.2) is 35.4 Å². The smallest absolute Gasteiger partial charge is 0.169 e. The van der Waals surface area contributed by atoms with Gasteiger partial charge < -0.3 is 9.47 Å². The van der Waals surface area contributed by atoms with E-state index in [9.17, 15) is 4.79 Å². The molecular formula is C16H26N2OSi. The predicted octanol–water partition coefficient (Wildman–Crippen LogP) is 4.07. The second-order valence-electron chi connectivity index (χ2n) is 5.96. The van der Waals surface area contributed by atoms with Crippen LogP contribution in [0.4, 0.5) is 0 Å². The zero-order valence-electron chi connectivity index (χ0n) is 12.9. The first-order chi connectivity index (χ1) is 9.54. The third-order valence-corrected chi connectivity index (χ3v) is 4.90. The van der Waals surface area contributed by atoms with Crippen molar-refractivity contribution in [1.82, 2.24) is 4.67 Å². The molecule has 0 aliphatic heterocycles. The van der Waals surface area contributed by atoms with Gasteiger partial charge in [0, 0.05) is 12.6 Å². The van der Waals surface area contributed by atoms with E-state index in [2.05, 4.69) is 53.7 Å². The maximum Gasteiger partial charge on any atom is 0.169 e. The Hall–Kier alpha value is -1.42. The van der Waals surface area contributed by atoms with E-state index in [1.807, 2.05) is 12.3 Å². The highest BCUT2D eigenvalue weighted by molar-refractivity contribution is 6.73. The predicted molar refractivity (Wildman–Crippen MR) is 88.4 cm³/mol. The lowest BCUT2D eigenvalue weighted by Crippen LogP contribution is -2.41. The Morgan fingerprint density at radius 3 is 2.35 bits per heavy atom. The van der Waals surface area contributed by atoms with Crippen molar-refractivity contribution in [2.45, 2.75) is 51.9 Å². The molecule has 20 heavy (non-hydrogen) atoms. The molecule has 0 atom stereocenters. The van der Waals surface area contributed by atoms with Gasteiger partial charge in [-0.1, -0.05) is 50.0 Å². The van der Waals surface area contributed by atoms with Crippen LogP contribution in [0.25, 0.3) is 0 Å². The fourth-order valence-corrected chi connectivity index (χ4v) is 2.91. The van der Waals surface area contributed by atoms with E-state index in [0.717, 1.165) is 32.1 Å². The van der Waals surface area contributed by atoms with Gasteiger partial charge in [0.2, 0.25) is 0 Å². The maximum absolute atomic E-state index is 10.2. The number of hydrazone groups is 1. The summed E-state index contributed by atoms with van der Waals surface area (Å²) in [6, 6.07) is 10.5. The topological polar surface area (TPSA) is 32.7 Å². The molecule has 3 nitrogen and oxygen atoms in total. The molecule has 0 amide bonds. The molecule has 0 aromatic heterocycles. The molecule has 0 radical (unpaired) electrons. The Morgan fingerprint density at radius 2 is 1.75 bits per heavy atom. The van der Waals surface area contributed by atoms with Gasteiger partial charge >= 0.3 is 0 Å². The average molecular weight is 290 g/mol. The summed E-state index contributed by atoms with van der Waals surface area (Å²) in [5.41, 5.74) is 1.30. The molecule has 1 rings (SSSR count). The van der Waals surface area contributed by atoms with Crippen molar-refractivity contribution in [3.63, 3.8) is 0 Å². The third kappa shape index (κ3) is 6.66. The normalized spacial score (nSPS) is 11.8. The standard InChI is InChI=1S/C16H26N2OSi/c1-20(2,3)18(15-16-11-7-6-8-12-16)17-13-9-4-5-10-14-19/h6-8,11-14H,4-5,9-10,15H2,1-3H3/b17-13+. The van der Waals surface area contributed by atoms with Gasteiger partial charge in [-0.15, -0.1) is 0 Å². The lowest BCUT2D eigenvalue weighted by molar-refractivity contribution is -0.107. The fourth-order valence-electron chi connectivity index (χ4n) is 1.83. The minimum absolute atomic E-state index is 0.662. The molecule has 0 N–H and O–H groups in total. The largest absolute Gasteiger partial charge is 0.321 e. The summed E-state index contributed by atoms with van der Waals surface area (Å²) in [4.78, 5) is 10.2. The highest BCUT2D eigenvalue weighted by Gasteiger charge is 2.22. The first-order valence-electron chi connectivity index (χ1n) is 7.31. The quantitative estimate of drug-likeness (QED) is 0.226. The Kier molecular flexibility index (Phi) is 7.23. The maximum atomic E-state index is 10.2. The minimum Gasteiger partial charge on any atom is -0.321 e. The van der Waals surface area contributed by atoms with Gasteiger partial charge in [0.15, 0.2) is 8.24 Å². The number of hydrogen-bond donors (Lipinski definition) is 0. The van der Waals surface area contributed by atoms with E-state index in [1.54, 1.807) is 0 Å². The van der Waals surface area contributed by atoms with E-state index >= 15 is 0 Å². The van der Waals surface area contributed by atoms with Crippen LogP contribution < -0.4 is 0 Å². The average Bonchev–Trinajstić information content (AvgIpc) is 2.41. The molecule has 0 bridgehead atoms. The number of hydrogen-bond acceptors (Lipinski definition) is 3. The van der Waals surface area contributed by atoms with E-state index in [0.29, 0.717) is 6.42 Å². The molecule has 1 aromatic rings. The fraction of sp³-hybridized carbons (Fsp3) is 0.500. The molecule has 0 heterocycles. The monoisotopic (exact) mass is 290 g/mol. The molecule has 0 spiro atoms. The molecule has 110 valence electrons. The van der Waals surface area contributed by atoms with Crippen molar-refractivity contribution in [3.05, 3.63) is 35.9 Å². The van der Waals surface area contributed by atoms with Gasteiger partial charge in [-0.3, -0.25) is 0 Å². The van der Waals surface area contributed by atoms with Crippen LogP contribution in [0.1, 0.15) is 31.2 Å². The van der Waals surface area contributed by atoms with Gasteiger partial charge in [0.05, 0.1) is 6.54 Å². The van der Waals surface area contributed by atoms with Crippen LogP contribution in [0.2, 0.25) is 19.6 Å². The van der Waals surface area contributed by atoms with Crippen molar-refractivity contribution < 1.29 is 4.79 Å². The molecule has 1 aromatic carbocycles. The van der Waals surface area contributed by atoms with Gasteiger partial charge in [0.1, 0.15) is 6.29 Å². The van der Waals surface area contributed by atoms with E-state index in [1.165, 1.54) is 5.56 Å². The van der Waals surface area contributed by atoms with Crippen LogP contribution >= 0.6 is 0 Å². The summed E-state index contributed by atoms with van der Waals surface area (Å²) < 4.78 is 2.25. The Balaban J connectivity index is 2.53. The van der Waals surface area contributed by atoms with Crippen molar-refractivity contribution in [1.29, 1.82) is 0 Å². The number of aldehydes is 1. The highest BCUT2D eigenvalue weighted by atomic mass is 28.3. The van der Waals surface area contributed by atoms with Gasteiger partial charge in [-0.05, 0) is 24.8 Å². The number of benzene rings is 1. The Bertz CT molecular complexity index is 412. The van der Waals surface area contributed by atoms with Crippen LogP contribution in [-0.4, -0.2) is 25.4 Å². The summed E-state index contributed by atoms with van der Waals surface area (Å²) in [7, 11) is -1.47. The number of rotatable bonds is 9. The Morgan fingerprint density at radius 1 is 1.10 bits per heavy atom. The van der Waals surface area contributed by atoms with Gasteiger partial charge in [-0.2, -0.15) is 5.10 Å². The molecule has 0 fully saturated rings. The number of nitrogens with zero attached hydrogens (tertiary/aromatic N) is 2. The second-order valence-corrected chi connectivity index (χ2v) is 10.8. The zero-order valence-corrected chi connectivity index (χ0v) is 13.9. The summed E-state index contributed by atoms with van der Waals surface area (Å²) in [5, 5.41) is 4.67. The van der Waals surface area contributed by atoms with Crippen LogP contribution in [-0.2, 0) is 11.3 Å². The summed E-state index contributed by atoms with van der Waals surface area (Å²) in [6.45, 7) is 7.79. The van der Waals surface area contributed by atoms with Crippen molar-refractivity contribution in [2.24, 2.45) is 5.10 Å². The van der Waals surface area contributed by atoms with Gasteiger partial charge in [-0.25, -0.2) is 0 Å². The van der Waals surface area contributed by atoms with E-state index in [4.69, 9.17) is 0 Å².